The lowest BCUT2D eigenvalue weighted by molar-refractivity contribution is -0.138. The largest absolute Gasteiger partial charge is 0.480 e. The lowest BCUT2D eigenvalue weighted by atomic mass is 9.94. The lowest BCUT2D eigenvalue weighted by Crippen LogP contribution is -2.46. The molecule has 1 aromatic carbocycles. The average molecular weight is 255 g/mol. The predicted molar refractivity (Wildman–Crippen MR) is 69.8 cm³/mol. The zero-order valence-corrected chi connectivity index (χ0v) is 10.2. The maximum atomic E-state index is 11.5. The number of benzene rings is 1. The van der Waals surface area contributed by atoms with Crippen molar-refractivity contribution in [3.05, 3.63) is 54.0 Å². The average Bonchev–Trinajstić information content (AvgIpc) is 2.46. The molecule has 0 amide bonds. The van der Waals surface area contributed by atoms with Crippen molar-refractivity contribution in [3.8, 4) is 0 Å². The van der Waals surface area contributed by atoms with Crippen molar-refractivity contribution in [1.29, 1.82) is 0 Å². The van der Waals surface area contributed by atoms with Crippen LogP contribution in [0.5, 0.6) is 0 Å². The van der Waals surface area contributed by atoms with Crippen LogP contribution >= 0.6 is 0 Å². The van der Waals surface area contributed by atoms with Gasteiger partial charge in [-0.05, 0) is 17.2 Å². The molecule has 2 aromatic rings. The molecule has 2 heterocycles. The summed E-state index contributed by atoms with van der Waals surface area (Å²) < 4.78 is 0. The van der Waals surface area contributed by atoms with Gasteiger partial charge < -0.3 is 10.0 Å². The Bertz CT molecular complexity index is 601. The monoisotopic (exact) mass is 255 g/mol. The Hall–Kier alpha value is -2.43. The number of hydrogen-bond donors (Lipinski definition) is 1. The molecule has 3 rings (SSSR count). The first kappa shape index (κ1) is 11.6. The van der Waals surface area contributed by atoms with Gasteiger partial charge in [-0.1, -0.05) is 24.3 Å². The summed E-state index contributed by atoms with van der Waals surface area (Å²) in [7, 11) is 0. The fraction of sp³-hybridized carbons (Fsp3) is 0.214. The summed E-state index contributed by atoms with van der Waals surface area (Å²) in [6.07, 6.45) is 3.56. The van der Waals surface area contributed by atoms with E-state index in [1.165, 1.54) is 6.33 Å². The second-order valence-electron chi connectivity index (χ2n) is 4.52. The van der Waals surface area contributed by atoms with E-state index in [1.807, 2.05) is 29.2 Å². The van der Waals surface area contributed by atoms with E-state index in [9.17, 15) is 9.90 Å². The number of aromatic nitrogens is 2. The Morgan fingerprint density at radius 2 is 2.05 bits per heavy atom. The van der Waals surface area contributed by atoms with Crippen LogP contribution in [0.15, 0.2) is 42.9 Å². The van der Waals surface area contributed by atoms with E-state index in [0.717, 1.165) is 11.1 Å². The third-order valence-electron chi connectivity index (χ3n) is 3.39. The third kappa shape index (κ3) is 2.14. The highest BCUT2D eigenvalue weighted by Gasteiger charge is 2.31. The van der Waals surface area contributed by atoms with Crippen LogP contribution in [-0.2, 0) is 17.8 Å². The summed E-state index contributed by atoms with van der Waals surface area (Å²) >= 11 is 0. The van der Waals surface area contributed by atoms with Gasteiger partial charge in [0.25, 0.3) is 0 Å². The molecule has 1 aliphatic rings. The first-order valence-corrected chi connectivity index (χ1v) is 6.08. The molecule has 5 nitrogen and oxygen atoms in total. The fourth-order valence-corrected chi connectivity index (χ4v) is 2.44. The highest BCUT2D eigenvalue weighted by molar-refractivity contribution is 5.79. The summed E-state index contributed by atoms with van der Waals surface area (Å²) in [5.74, 6) is -0.176. The first-order chi connectivity index (χ1) is 9.25. The highest BCUT2D eigenvalue weighted by Crippen LogP contribution is 2.26. The topological polar surface area (TPSA) is 66.3 Å². The van der Waals surface area contributed by atoms with E-state index in [4.69, 9.17) is 0 Å². The Kier molecular flexibility index (Phi) is 2.87. The van der Waals surface area contributed by atoms with Gasteiger partial charge in [0.15, 0.2) is 0 Å². The highest BCUT2D eigenvalue weighted by atomic mass is 16.4. The van der Waals surface area contributed by atoms with Gasteiger partial charge in [-0.15, -0.1) is 0 Å². The van der Waals surface area contributed by atoms with Crippen LogP contribution in [0, 0.1) is 0 Å². The quantitative estimate of drug-likeness (QED) is 0.880. The number of carboxylic acid groups (broad SMARTS) is 1. The summed E-state index contributed by atoms with van der Waals surface area (Å²) in [6, 6.07) is 9.09. The second kappa shape index (κ2) is 4.68. The molecule has 0 spiro atoms. The maximum Gasteiger partial charge on any atom is 0.326 e. The Labute approximate surface area is 110 Å². The van der Waals surface area contributed by atoms with Crippen LogP contribution < -0.4 is 4.90 Å². The Balaban J connectivity index is 2.01. The molecule has 0 aliphatic carbocycles. The minimum absolute atomic E-state index is 0.496. The van der Waals surface area contributed by atoms with Crippen molar-refractivity contribution in [3.63, 3.8) is 0 Å². The molecule has 0 bridgehead atoms. The molecule has 0 fully saturated rings. The fourth-order valence-electron chi connectivity index (χ4n) is 2.44. The van der Waals surface area contributed by atoms with Crippen molar-refractivity contribution in [2.45, 2.75) is 19.0 Å². The van der Waals surface area contributed by atoms with E-state index in [2.05, 4.69) is 9.97 Å². The normalized spacial score (nSPS) is 17.9. The van der Waals surface area contributed by atoms with E-state index in [0.29, 0.717) is 18.8 Å². The van der Waals surface area contributed by atoms with Crippen LogP contribution in [0.1, 0.15) is 11.1 Å². The summed E-state index contributed by atoms with van der Waals surface area (Å²) in [5.41, 5.74) is 2.25. The van der Waals surface area contributed by atoms with Gasteiger partial charge in [-0.2, -0.15) is 0 Å². The number of rotatable bonds is 2. The number of carboxylic acids is 1. The molecule has 19 heavy (non-hydrogen) atoms. The zero-order valence-electron chi connectivity index (χ0n) is 10.2. The Morgan fingerprint density at radius 1 is 1.26 bits per heavy atom. The molecule has 1 atom stereocenters. The van der Waals surface area contributed by atoms with E-state index >= 15 is 0 Å². The smallest absolute Gasteiger partial charge is 0.326 e. The first-order valence-electron chi connectivity index (χ1n) is 6.08. The molecule has 1 N–H and O–H groups in total. The SMILES string of the molecule is O=C(O)C1Cc2ccccc2CN1c1ccncn1. The summed E-state index contributed by atoms with van der Waals surface area (Å²) in [6.45, 7) is 0.560. The molecular formula is C14H13N3O2. The molecule has 0 radical (unpaired) electrons. The number of fused-ring (bicyclic) bond motifs is 1. The van der Waals surface area contributed by atoms with Crippen molar-refractivity contribution in [2.24, 2.45) is 0 Å². The standard InChI is InChI=1S/C14H13N3O2/c18-14(19)12-7-10-3-1-2-4-11(10)8-17(12)13-5-6-15-9-16-13/h1-6,9,12H,7-8H2,(H,18,19). The number of anilines is 1. The van der Waals surface area contributed by atoms with E-state index in [-0.39, 0.29) is 0 Å². The van der Waals surface area contributed by atoms with Crippen molar-refractivity contribution in [2.75, 3.05) is 4.90 Å². The molecule has 5 heteroatoms. The van der Waals surface area contributed by atoms with Gasteiger partial charge in [-0.25, -0.2) is 14.8 Å². The molecular weight excluding hydrogens is 242 g/mol. The van der Waals surface area contributed by atoms with E-state index < -0.39 is 12.0 Å². The molecule has 1 aromatic heterocycles. The van der Waals surface area contributed by atoms with Crippen LogP contribution in [0.2, 0.25) is 0 Å². The van der Waals surface area contributed by atoms with Gasteiger partial charge in [0.1, 0.15) is 18.2 Å². The van der Waals surface area contributed by atoms with Crippen molar-refractivity contribution < 1.29 is 9.90 Å². The van der Waals surface area contributed by atoms with E-state index in [1.54, 1.807) is 12.3 Å². The van der Waals surface area contributed by atoms with Gasteiger partial charge in [0.2, 0.25) is 0 Å². The summed E-state index contributed by atoms with van der Waals surface area (Å²) in [4.78, 5) is 21.3. The van der Waals surface area contributed by atoms with Gasteiger partial charge >= 0.3 is 5.97 Å². The number of aliphatic carboxylic acids is 1. The number of hydrogen-bond acceptors (Lipinski definition) is 4. The minimum atomic E-state index is -0.826. The predicted octanol–water partition coefficient (Wildman–Crippen LogP) is 1.49. The molecule has 0 saturated carbocycles. The van der Waals surface area contributed by atoms with Crippen molar-refractivity contribution >= 4 is 11.8 Å². The van der Waals surface area contributed by atoms with Gasteiger partial charge in [-0.3, -0.25) is 0 Å². The van der Waals surface area contributed by atoms with Gasteiger partial charge in [0.05, 0.1) is 0 Å². The second-order valence-corrected chi connectivity index (χ2v) is 4.52. The Morgan fingerprint density at radius 3 is 2.74 bits per heavy atom. The summed E-state index contributed by atoms with van der Waals surface area (Å²) in [5, 5.41) is 9.41. The molecule has 1 aliphatic heterocycles. The van der Waals surface area contributed by atoms with Gasteiger partial charge in [0, 0.05) is 19.2 Å². The van der Waals surface area contributed by atoms with Crippen LogP contribution in [0.3, 0.4) is 0 Å². The van der Waals surface area contributed by atoms with Crippen LogP contribution in [-0.4, -0.2) is 27.1 Å². The number of carbonyl (C=O) groups is 1. The van der Waals surface area contributed by atoms with Crippen molar-refractivity contribution in [1.82, 2.24) is 9.97 Å². The third-order valence-corrected chi connectivity index (χ3v) is 3.39. The molecule has 96 valence electrons. The zero-order chi connectivity index (χ0) is 13.2. The maximum absolute atomic E-state index is 11.5. The number of nitrogens with zero attached hydrogens (tertiary/aromatic N) is 3. The minimum Gasteiger partial charge on any atom is -0.480 e. The lowest BCUT2D eigenvalue weighted by Gasteiger charge is -2.35. The molecule has 0 saturated heterocycles. The van der Waals surface area contributed by atoms with Crippen LogP contribution in [0.25, 0.3) is 0 Å². The van der Waals surface area contributed by atoms with Crippen LogP contribution in [0.4, 0.5) is 5.82 Å². The molecule has 1 unspecified atom stereocenters.